The lowest BCUT2D eigenvalue weighted by atomic mass is 10.0. The van der Waals surface area contributed by atoms with Crippen molar-refractivity contribution in [2.75, 3.05) is 7.05 Å². The number of nitrogens with zero attached hydrogens (tertiary/aromatic N) is 1. The minimum absolute atomic E-state index is 0.224. The highest BCUT2D eigenvalue weighted by Gasteiger charge is 2.15. The molecule has 4 heteroatoms. The second-order valence-corrected chi connectivity index (χ2v) is 5.23. The molecule has 0 amide bonds. The molecule has 0 fully saturated rings. The average Bonchev–Trinajstić information content (AvgIpc) is 2.67. The maximum atomic E-state index is 4.22. The maximum Gasteiger partial charge on any atom is 0.0594 e. The molecule has 0 aliphatic heterocycles. The van der Waals surface area contributed by atoms with Gasteiger partial charge in [-0.1, -0.05) is 0 Å². The normalized spacial score (nSPS) is 12.7. The van der Waals surface area contributed by atoms with E-state index in [4.69, 9.17) is 0 Å². The number of aromatic nitrogens is 1. The summed E-state index contributed by atoms with van der Waals surface area (Å²) >= 11 is 5.28. The number of thiophene rings is 1. The van der Waals surface area contributed by atoms with Crippen LogP contribution in [0.1, 0.15) is 22.9 Å². The molecule has 0 aliphatic rings. The monoisotopic (exact) mass is 296 g/mol. The lowest BCUT2D eigenvalue weighted by Crippen LogP contribution is -2.17. The second kappa shape index (κ2) is 5.08. The van der Waals surface area contributed by atoms with Crippen molar-refractivity contribution < 1.29 is 0 Å². The van der Waals surface area contributed by atoms with E-state index in [1.165, 1.54) is 11.1 Å². The molecule has 0 aromatic carbocycles. The lowest BCUT2D eigenvalue weighted by molar-refractivity contribution is 0.689. The zero-order valence-corrected chi connectivity index (χ0v) is 11.6. The molecule has 0 saturated carbocycles. The molecule has 0 radical (unpaired) electrons. The number of rotatable bonds is 3. The van der Waals surface area contributed by atoms with E-state index in [0.717, 1.165) is 10.2 Å². The van der Waals surface area contributed by atoms with Crippen molar-refractivity contribution >= 4 is 27.3 Å². The quantitative estimate of drug-likeness (QED) is 0.937. The van der Waals surface area contributed by atoms with Gasteiger partial charge in [0, 0.05) is 21.7 Å². The molecule has 2 aromatic heterocycles. The largest absolute Gasteiger partial charge is 0.309 e. The van der Waals surface area contributed by atoms with Crippen LogP contribution in [0.4, 0.5) is 0 Å². The molecule has 1 unspecified atom stereocenters. The number of halogens is 1. The SMILES string of the molecule is CNC(c1ccnc(C)c1)c1cscc1Br. The molecule has 0 aliphatic carbocycles. The van der Waals surface area contributed by atoms with Crippen molar-refractivity contribution in [2.24, 2.45) is 0 Å². The van der Waals surface area contributed by atoms with Crippen molar-refractivity contribution in [1.29, 1.82) is 0 Å². The summed E-state index contributed by atoms with van der Waals surface area (Å²) < 4.78 is 1.16. The van der Waals surface area contributed by atoms with Crippen LogP contribution in [0.25, 0.3) is 0 Å². The van der Waals surface area contributed by atoms with E-state index in [-0.39, 0.29) is 6.04 Å². The molecule has 1 N–H and O–H groups in total. The molecule has 0 spiro atoms. The van der Waals surface area contributed by atoms with Gasteiger partial charge in [0.2, 0.25) is 0 Å². The summed E-state index contributed by atoms with van der Waals surface area (Å²) in [5, 5.41) is 7.61. The zero-order valence-electron chi connectivity index (χ0n) is 9.20. The molecule has 2 nitrogen and oxygen atoms in total. The summed E-state index contributed by atoms with van der Waals surface area (Å²) in [6, 6.07) is 4.39. The van der Waals surface area contributed by atoms with Gasteiger partial charge in [0.15, 0.2) is 0 Å². The molecule has 1 atom stereocenters. The van der Waals surface area contributed by atoms with Crippen LogP contribution in [0.2, 0.25) is 0 Å². The predicted octanol–water partition coefficient (Wildman–Crippen LogP) is 3.52. The Hall–Kier alpha value is -0.710. The topological polar surface area (TPSA) is 24.9 Å². The van der Waals surface area contributed by atoms with E-state index in [2.05, 4.69) is 49.1 Å². The third-order valence-electron chi connectivity index (χ3n) is 2.50. The first-order chi connectivity index (χ1) is 7.72. The maximum absolute atomic E-state index is 4.22. The van der Waals surface area contributed by atoms with Crippen molar-refractivity contribution in [2.45, 2.75) is 13.0 Å². The molecule has 2 heterocycles. The third-order valence-corrected chi connectivity index (χ3v) is 4.25. The van der Waals surface area contributed by atoms with Gasteiger partial charge in [0.05, 0.1) is 6.04 Å². The van der Waals surface area contributed by atoms with Gasteiger partial charge in [0.1, 0.15) is 0 Å². The Balaban J connectivity index is 2.40. The number of hydrogen-bond acceptors (Lipinski definition) is 3. The first kappa shape index (κ1) is 11.8. The molecular weight excluding hydrogens is 284 g/mol. The van der Waals surface area contributed by atoms with Crippen LogP contribution in [0.5, 0.6) is 0 Å². The van der Waals surface area contributed by atoms with Crippen molar-refractivity contribution in [1.82, 2.24) is 10.3 Å². The van der Waals surface area contributed by atoms with Crippen LogP contribution in [0, 0.1) is 6.92 Å². The molecule has 0 saturated heterocycles. The van der Waals surface area contributed by atoms with Crippen LogP contribution in [0.15, 0.2) is 33.6 Å². The summed E-state index contributed by atoms with van der Waals surface area (Å²) in [5.74, 6) is 0. The van der Waals surface area contributed by atoms with Crippen LogP contribution in [-0.2, 0) is 0 Å². The summed E-state index contributed by atoms with van der Waals surface area (Å²) in [6.07, 6.45) is 1.86. The Kier molecular flexibility index (Phi) is 3.74. The van der Waals surface area contributed by atoms with Crippen LogP contribution in [0.3, 0.4) is 0 Å². The standard InChI is InChI=1S/C12H13BrN2S/c1-8-5-9(3-4-15-8)12(14-2)10-6-16-7-11(10)13/h3-7,12,14H,1-2H3. The Bertz CT molecular complexity index is 481. The summed E-state index contributed by atoms with van der Waals surface area (Å²) in [4.78, 5) is 4.22. The van der Waals surface area contributed by atoms with Gasteiger partial charge >= 0.3 is 0 Å². The number of aryl methyl sites for hydroxylation is 1. The number of pyridine rings is 1. The molecule has 84 valence electrons. The average molecular weight is 297 g/mol. The van der Waals surface area contributed by atoms with Gasteiger partial charge in [-0.15, -0.1) is 0 Å². The summed E-state index contributed by atoms with van der Waals surface area (Å²) in [6.45, 7) is 2.01. The van der Waals surface area contributed by atoms with E-state index >= 15 is 0 Å². The highest BCUT2D eigenvalue weighted by Crippen LogP contribution is 2.31. The number of hydrogen-bond donors (Lipinski definition) is 1. The van der Waals surface area contributed by atoms with Gasteiger partial charge in [-0.05, 0) is 58.5 Å². The fraction of sp³-hybridized carbons (Fsp3) is 0.250. The predicted molar refractivity (Wildman–Crippen MR) is 71.9 cm³/mol. The lowest BCUT2D eigenvalue weighted by Gasteiger charge is -2.16. The minimum atomic E-state index is 0.224. The smallest absolute Gasteiger partial charge is 0.0594 e. The van der Waals surface area contributed by atoms with E-state index < -0.39 is 0 Å². The first-order valence-corrected chi connectivity index (χ1v) is 6.77. The highest BCUT2D eigenvalue weighted by molar-refractivity contribution is 9.10. The molecule has 16 heavy (non-hydrogen) atoms. The Morgan fingerprint density at radius 2 is 2.25 bits per heavy atom. The van der Waals surface area contributed by atoms with E-state index in [1.54, 1.807) is 11.3 Å². The third kappa shape index (κ3) is 2.34. The molecule has 2 rings (SSSR count). The molecule has 0 bridgehead atoms. The molecule has 2 aromatic rings. The Morgan fingerprint density at radius 3 is 2.81 bits per heavy atom. The van der Waals surface area contributed by atoms with Crippen LogP contribution in [-0.4, -0.2) is 12.0 Å². The fourth-order valence-electron chi connectivity index (χ4n) is 1.75. The Labute approximate surface area is 108 Å². The van der Waals surface area contributed by atoms with Crippen molar-refractivity contribution in [3.63, 3.8) is 0 Å². The molecular formula is C12H13BrN2S. The highest BCUT2D eigenvalue weighted by atomic mass is 79.9. The van der Waals surface area contributed by atoms with Crippen LogP contribution >= 0.6 is 27.3 Å². The summed E-state index contributed by atoms with van der Waals surface area (Å²) in [5.41, 5.74) is 3.57. The van der Waals surface area contributed by atoms with Gasteiger partial charge in [-0.25, -0.2) is 0 Å². The van der Waals surface area contributed by atoms with E-state index in [1.807, 2.05) is 20.2 Å². The van der Waals surface area contributed by atoms with Crippen molar-refractivity contribution in [3.05, 3.63) is 50.4 Å². The van der Waals surface area contributed by atoms with Gasteiger partial charge in [-0.3, -0.25) is 4.98 Å². The van der Waals surface area contributed by atoms with E-state index in [9.17, 15) is 0 Å². The summed E-state index contributed by atoms with van der Waals surface area (Å²) in [7, 11) is 1.98. The number of nitrogens with one attached hydrogen (secondary N) is 1. The van der Waals surface area contributed by atoms with E-state index in [0.29, 0.717) is 0 Å². The van der Waals surface area contributed by atoms with Gasteiger partial charge in [-0.2, -0.15) is 11.3 Å². The first-order valence-electron chi connectivity index (χ1n) is 5.03. The fourth-order valence-corrected chi connectivity index (χ4v) is 3.30. The van der Waals surface area contributed by atoms with Crippen molar-refractivity contribution in [3.8, 4) is 0 Å². The zero-order chi connectivity index (χ0) is 11.5. The van der Waals surface area contributed by atoms with Gasteiger partial charge < -0.3 is 5.32 Å². The van der Waals surface area contributed by atoms with Gasteiger partial charge in [0.25, 0.3) is 0 Å². The Morgan fingerprint density at radius 1 is 1.44 bits per heavy atom. The minimum Gasteiger partial charge on any atom is -0.309 e. The second-order valence-electron chi connectivity index (χ2n) is 3.63. The van der Waals surface area contributed by atoms with Crippen LogP contribution < -0.4 is 5.32 Å².